The summed E-state index contributed by atoms with van der Waals surface area (Å²) in [5, 5.41) is 14.7. The molecule has 0 aliphatic carbocycles. The molecule has 3 N–H and O–H groups in total. The number of nitrogens with one attached hydrogen (secondary N) is 2. The highest BCUT2D eigenvalue weighted by Crippen LogP contribution is 2.35. The number of methoxy groups -OCH3 is 1. The van der Waals surface area contributed by atoms with Crippen LogP contribution in [0.2, 0.25) is 0 Å². The minimum absolute atomic E-state index is 0.0543. The maximum atomic E-state index is 12.4. The Bertz CT molecular complexity index is 806. The van der Waals surface area contributed by atoms with Crippen molar-refractivity contribution in [3.8, 4) is 11.5 Å². The lowest BCUT2D eigenvalue weighted by molar-refractivity contribution is -0.137. The Labute approximate surface area is 169 Å². The summed E-state index contributed by atoms with van der Waals surface area (Å²) in [6.45, 7) is 3.69. The molecule has 29 heavy (non-hydrogen) atoms. The average molecular weight is 405 g/mol. The van der Waals surface area contributed by atoms with Crippen LogP contribution in [0.15, 0.2) is 23.9 Å². The summed E-state index contributed by atoms with van der Waals surface area (Å²) in [6, 6.07) is 3.54. The molecule has 1 aliphatic rings. The van der Waals surface area contributed by atoms with Crippen LogP contribution < -0.4 is 20.1 Å². The lowest BCUT2D eigenvalue weighted by atomic mass is 10.1. The summed E-state index contributed by atoms with van der Waals surface area (Å²) in [7, 11) is 1.54. The van der Waals surface area contributed by atoms with Crippen molar-refractivity contribution in [2.24, 2.45) is 0 Å². The van der Waals surface area contributed by atoms with E-state index in [2.05, 4.69) is 10.6 Å². The number of anilines is 1. The Morgan fingerprint density at radius 1 is 1.24 bits per heavy atom. The Balaban J connectivity index is 2.25. The number of carbonyl (C=O) groups excluding carboxylic acids is 3. The van der Waals surface area contributed by atoms with Gasteiger partial charge in [0.2, 0.25) is 5.91 Å². The number of rotatable bonds is 11. The number of benzene rings is 1. The number of amides is 3. The first kappa shape index (κ1) is 22.2. The zero-order chi connectivity index (χ0) is 21.4. The second-order valence-electron chi connectivity index (χ2n) is 6.44. The van der Waals surface area contributed by atoms with Gasteiger partial charge < -0.3 is 25.2 Å². The first-order chi connectivity index (χ1) is 13.9. The molecule has 1 aliphatic heterocycles. The van der Waals surface area contributed by atoms with Gasteiger partial charge in [0.1, 0.15) is 12.3 Å². The van der Waals surface area contributed by atoms with Crippen LogP contribution in [0.5, 0.6) is 11.5 Å². The van der Waals surface area contributed by atoms with E-state index in [-0.39, 0.29) is 31.4 Å². The van der Waals surface area contributed by atoms with Crippen molar-refractivity contribution in [1.82, 2.24) is 10.2 Å². The molecule has 0 radical (unpaired) electrons. The van der Waals surface area contributed by atoms with Gasteiger partial charge in [-0.2, -0.15) is 0 Å². The van der Waals surface area contributed by atoms with E-state index in [9.17, 15) is 14.4 Å². The number of imide groups is 1. The fraction of sp³-hybridized carbons (Fsp3) is 0.450. The van der Waals surface area contributed by atoms with Crippen LogP contribution in [0.25, 0.3) is 0 Å². The SMILES string of the molecule is CCCc1cc(OC)c(OCCNC(C)=O)cc1NC1=CC(=O)N(CCO)C1=O. The monoisotopic (exact) mass is 405 g/mol. The Kier molecular flexibility index (Phi) is 8.02. The average Bonchev–Trinajstić information content (AvgIpc) is 2.94. The lowest BCUT2D eigenvalue weighted by Crippen LogP contribution is -2.34. The molecule has 158 valence electrons. The topological polar surface area (TPSA) is 117 Å². The highest BCUT2D eigenvalue weighted by atomic mass is 16.5. The molecule has 9 nitrogen and oxygen atoms in total. The third-order valence-corrected chi connectivity index (χ3v) is 4.24. The summed E-state index contributed by atoms with van der Waals surface area (Å²) in [6.07, 6.45) is 2.80. The van der Waals surface area contributed by atoms with E-state index >= 15 is 0 Å². The quantitative estimate of drug-likeness (QED) is 0.369. The lowest BCUT2D eigenvalue weighted by Gasteiger charge is -2.18. The van der Waals surface area contributed by atoms with Crippen LogP contribution >= 0.6 is 0 Å². The number of nitrogens with zero attached hydrogens (tertiary/aromatic N) is 1. The fourth-order valence-electron chi connectivity index (χ4n) is 2.91. The zero-order valence-corrected chi connectivity index (χ0v) is 16.9. The molecule has 1 heterocycles. The molecule has 1 aromatic rings. The number of ether oxygens (including phenoxy) is 2. The van der Waals surface area contributed by atoms with Gasteiger partial charge in [-0.05, 0) is 18.1 Å². The molecule has 0 unspecified atom stereocenters. The van der Waals surface area contributed by atoms with Crippen LogP contribution in [0.1, 0.15) is 25.8 Å². The highest BCUT2D eigenvalue weighted by Gasteiger charge is 2.31. The number of aliphatic hydroxyl groups excluding tert-OH is 1. The van der Waals surface area contributed by atoms with Crippen molar-refractivity contribution < 1.29 is 29.0 Å². The fourth-order valence-corrected chi connectivity index (χ4v) is 2.91. The van der Waals surface area contributed by atoms with Gasteiger partial charge in [0.25, 0.3) is 11.8 Å². The van der Waals surface area contributed by atoms with E-state index in [0.717, 1.165) is 23.3 Å². The smallest absolute Gasteiger partial charge is 0.277 e. The van der Waals surface area contributed by atoms with Gasteiger partial charge in [0.15, 0.2) is 11.5 Å². The van der Waals surface area contributed by atoms with E-state index in [1.165, 1.54) is 20.1 Å². The molecule has 9 heteroatoms. The maximum Gasteiger partial charge on any atom is 0.277 e. The number of aliphatic hydroxyl groups is 1. The molecule has 0 atom stereocenters. The Morgan fingerprint density at radius 2 is 2.00 bits per heavy atom. The molecule has 0 spiro atoms. The summed E-state index contributed by atoms with van der Waals surface area (Å²) >= 11 is 0. The van der Waals surface area contributed by atoms with Crippen LogP contribution in [0, 0.1) is 0 Å². The second-order valence-corrected chi connectivity index (χ2v) is 6.44. The Morgan fingerprint density at radius 3 is 2.62 bits per heavy atom. The van der Waals surface area contributed by atoms with Crippen molar-refractivity contribution in [3.05, 3.63) is 29.5 Å². The second kappa shape index (κ2) is 10.5. The number of β-amino-alcohol motifs (C(OH)–C–C–N with tert-alkyl or cyclic N) is 1. The van der Waals surface area contributed by atoms with Gasteiger partial charge in [-0.3, -0.25) is 19.3 Å². The van der Waals surface area contributed by atoms with Crippen molar-refractivity contribution in [2.75, 3.05) is 38.7 Å². The summed E-state index contributed by atoms with van der Waals surface area (Å²) in [5.41, 5.74) is 1.66. The predicted molar refractivity (Wildman–Crippen MR) is 107 cm³/mol. The molecular weight excluding hydrogens is 378 g/mol. The third kappa shape index (κ3) is 5.71. The molecule has 0 fully saturated rings. The van der Waals surface area contributed by atoms with Crippen molar-refractivity contribution in [3.63, 3.8) is 0 Å². The van der Waals surface area contributed by atoms with E-state index < -0.39 is 11.8 Å². The molecule has 0 saturated heterocycles. The normalized spacial score (nSPS) is 13.4. The largest absolute Gasteiger partial charge is 0.493 e. The summed E-state index contributed by atoms with van der Waals surface area (Å²) < 4.78 is 11.1. The highest BCUT2D eigenvalue weighted by molar-refractivity contribution is 6.17. The van der Waals surface area contributed by atoms with Crippen molar-refractivity contribution in [2.45, 2.75) is 26.7 Å². The van der Waals surface area contributed by atoms with E-state index in [1.807, 2.05) is 13.0 Å². The maximum absolute atomic E-state index is 12.4. The van der Waals surface area contributed by atoms with Crippen LogP contribution in [0.4, 0.5) is 5.69 Å². The predicted octanol–water partition coefficient (Wildman–Crippen LogP) is 0.819. The minimum Gasteiger partial charge on any atom is -0.493 e. The van der Waals surface area contributed by atoms with Gasteiger partial charge in [0.05, 0.1) is 26.8 Å². The first-order valence-corrected chi connectivity index (χ1v) is 9.44. The van der Waals surface area contributed by atoms with Gasteiger partial charge in [-0.25, -0.2) is 0 Å². The molecule has 1 aromatic carbocycles. The number of hydrogen-bond donors (Lipinski definition) is 3. The van der Waals surface area contributed by atoms with Crippen molar-refractivity contribution >= 4 is 23.4 Å². The summed E-state index contributed by atoms with van der Waals surface area (Å²) in [5.74, 6) is -0.124. The third-order valence-electron chi connectivity index (χ3n) is 4.24. The molecule has 3 amide bonds. The van der Waals surface area contributed by atoms with E-state index in [1.54, 1.807) is 6.07 Å². The summed E-state index contributed by atoms with van der Waals surface area (Å²) in [4.78, 5) is 36.4. The van der Waals surface area contributed by atoms with Crippen LogP contribution in [0.3, 0.4) is 0 Å². The Hall–Kier alpha value is -3.07. The first-order valence-electron chi connectivity index (χ1n) is 9.44. The standard InChI is InChI=1S/C20H27N3O6/c1-4-5-14-10-17(28-3)18(29-9-6-21-13(2)25)11-15(14)22-16-12-19(26)23(7-8-24)20(16)27/h10-12,22,24H,4-9H2,1-3H3,(H,21,25). The molecule has 0 saturated carbocycles. The minimum atomic E-state index is -0.490. The number of aryl methyl sites for hydroxylation is 1. The van der Waals surface area contributed by atoms with Gasteiger partial charge in [-0.15, -0.1) is 0 Å². The molecule has 0 bridgehead atoms. The molecule has 2 rings (SSSR count). The van der Waals surface area contributed by atoms with Gasteiger partial charge in [-0.1, -0.05) is 13.3 Å². The molecule has 0 aromatic heterocycles. The van der Waals surface area contributed by atoms with Gasteiger partial charge in [0, 0.05) is 24.8 Å². The van der Waals surface area contributed by atoms with E-state index in [0.29, 0.717) is 23.7 Å². The van der Waals surface area contributed by atoms with Crippen LogP contribution in [-0.4, -0.2) is 61.1 Å². The van der Waals surface area contributed by atoms with Gasteiger partial charge >= 0.3 is 0 Å². The zero-order valence-electron chi connectivity index (χ0n) is 16.9. The molecular formula is C20H27N3O6. The van der Waals surface area contributed by atoms with E-state index in [4.69, 9.17) is 14.6 Å². The van der Waals surface area contributed by atoms with Crippen molar-refractivity contribution in [1.29, 1.82) is 0 Å². The number of carbonyl (C=O) groups is 3. The van der Waals surface area contributed by atoms with Crippen LogP contribution in [-0.2, 0) is 20.8 Å². The number of hydrogen-bond acceptors (Lipinski definition) is 7.